The van der Waals surface area contributed by atoms with Crippen molar-refractivity contribution in [3.63, 3.8) is 0 Å². The van der Waals surface area contributed by atoms with Crippen LogP contribution in [0.1, 0.15) is 34.1 Å². The Morgan fingerprint density at radius 1 is 1.27 bits per heavy atom. The van der Waals surface area contributed by atoms with Crippen molar-refractivity contribution in [1.29, 1.82) is 0 Å². The van der Waals surface area contributed by atoms with E-state index in [9.17, 15) is 0 Å². The molecule has 15 heavy (non-hydrogen) atoms. The molecule has 0 bridgehead atoms. The third-order valence-electron chi connectivity index (χ3n) is 4.29. The second-order valence-electron chi connectivity index (χ2n) is 5.51. The van der Waals surface area contributed by atoms with Crippen LogP contribution in [-0.4, -0.2) is 37.6 Å². The molecule has 2 heteroatoms. The lowest BCUT2D eigenvalue weighted by molar-refractivity contribution is 0.0787. The minimum Gasteiger partial charge on any atom is -0.319 e. The maximum atomic E-state index is 3.28. The quantitative estimate of drug-likeness (QED) is 0.768. The molecule has 0 aromatic carbocycles. The SMILES string of the molecule is CNCC(C)C(C)N1CCC(C)C(C)C1. The van der Waals surface area contributed by atoms with E-state index in [2.05, 4.69) is 37.9 Å². The minimum atomic E-state index is 0.715. The third kappa shape index (κ3) is 3.46. The number of hydrogen-bond acceptors (Lipinski definition) is 2. The van der Waals surface area contributed by atoms with Gasteiger partial charge in [0.05, 0.1) is 0 Å². The number of likely N-dealkylation sites (tertiary alicyclic amines) is 1. The van der Waals surface area contributed by atoms with Gasteiger partial charge in [-0.3, -0.25) is 0 Å². The standard InChI is InChI=1S/C13H28N2/c1-10-6-7-15(9-12(10)3)13(4)11(2)8-14-5/h10-14H,6-9H2,1-5H3. The van der Waals surface area contributed by atoms with Crippen molar-refractivity contribution < 1.29 is 0 Å². The molecule has 1 saturated heterocycles. The summed E-state index contributed by atoms with van der Waals surface area (Å²) < 4.78 is 0. The van der Waals surface area contributed by atoms with Gasteiger partial charge in [-0.25, -0.2) is 0 Å². The summed E-state index contributed by atoms with van der Waals surface area (Å²) in [5.74, 6) is 2.52. The predicted octanol–water partition coefficient (Wildman–Crippen LogP) is 2.21. The average molecular weight is 212 g/mol. The van der Waals surface area contributed by atoms with Crippen molar-refractivity contribution in [2.75, 3.05) is 26.7 Å². The van der Waals surface area contributed by atoms with E-state index in [0.29, 0.717) is 6.04 Å². The van der Waals surface area contributed by atoms with Gasteiger partial charge < -0.3 is 10.2 Å². The lowest BCUT2D eigenvalue weighted by Gasteiger charge is -2.41. The summed E-state index contributed by atoms with van der Waals surface area (Å²) in [6.45, 7) is 13.2. The first-order valence-corrected chi connectivity index (χ1v) is 6.45. The zero-order valence-corrected chi connectivity index (χ0v) is 11.1. The lowest BCUT2D eigenvalue weighted by Crippen LogP contribution is -2.47. The molecule has 0 aromatic rings. The molecule has 1 fully saturated rings. The summed E-state index contributed by atoms with van der Waals surface area (Å²) in [7, 11) is 2.05. The molecule has 1 N–H and O–H groups in total. The molecular weight excluding hydrogens is 184 g/mol. The summed E-state index contributed by atoms with van der Waals surface area (Å²) in [6, 6.07) is 0.715. The number of rotatable bonds is 4. The van der Waals surface area contributed by atoms with Crippen LogP contribution in [0.2, 0.25) is 0 Å². The van der Waals surface area contributed by atoms with Crippen LogP contribution < -0.4 is 5.32 Å². The van der Waals surface area contributed by atoms with Gasteiger partial charge in [0.15, 0.2) is 0 Å². The fraction of sp³-hybridized carbons (Fsp3) is 1.00. The van der Waals surface area contributed by atoms with E-state index in [1.807, 2.05) is 7.05 Å². The van der Waals surface area contributed by atoms with E-state index in [1.165, 1.54) is 19.5 Å². The van der Waals surface area contributed by atoms with E-state index < -0.39 is 0 Å². The smallest absolute Gasteiger partial charge is 0.0105 e. The van der Waals surface area contributed by atoms with Crippen LogP contribution in [0, 0.1) is 17.8 Å². The Balaban J connectivity index is 2.43. The molecule has 0 spiro atoms. The molecule has 0 aromatic heterocycles. The van der Waals surface area contributed by atoms with Crippen LogP contribution in [0.15, 0.2) is 0 Å². The predicted molar refractivity (Wildman–Crippen MR) is 67.1 cm³/mol. The van der Waals surface area contributed by atoms with Crippen LogP contribution in [0.5, 0.6) is 0 Å². The Kier molecular flexibility index (Phi) is 5.07. The van der Waals surface area contributed by atoms with Gasteiger partial charge in [0.25, 0.3) is 0 Å². The molecule has 0 saturated carbocycles. The number of piperidine rings is 1. The largest absolute Gasteiger partial charge is 0.319 e. The molecule has 0 radical (unpaired) electrons. The lowest BCUT2D eigenvalue weighted by atomic mass is 9.87. The van der Waals surface area contributed by atoms with Crippen molar-refractivity contribution in [2.45, 2.75) is 40.2 Å². The van der Waals surface area contributed by atoms with Crippen molar-refractivity contribution in [2.24, 2.45) is 17.8 Å². The summed E-state index contributed by atoms with van der Waals surface area (Å²) >= 11 is 0. The van der Waals surface area contributed by atoms with E-state index in [4.69, 9.17) is 0 Å². The highest BCUT2D eigenvalue weighted by atomic mass is 15.2. The van der Waals surface area contributed by atoms with Crippen LogP contribution >= 0.6 is 0 Å². The van der Waals surface area contributed by atoms with E-state index in [-0.39, 0.29) is 0 Å². The maximum absolute atomic E-state index is 3.28. The number of nitrogens with zero attached hydrogens (tertiary/aromatic N) is 1. The normalized spacial score (nSPS) is 32.6. The van der Waals surface area contributed by atoms with Gasteiger partial charge in [0, 0.05) is 12.6 Å². The Morgan fingerprint density at radius 3 is 2.47 bits per heavy atom. The first-order valence-electron chi connectivity index (χ1n) is 6.45. The minimum absolute atomic E-state index is 0.715. The van der Waals surface area contributed by atoms with Crippen molar-refractivity contribution in [3.05, 3.63) is 0 Å². The van der Waals surface area contributed by atoms with Gasteiger partial charge in [0.2, 0.25) is 0 Å². The molecule has 1 aliphatic heterocycles. The summed E-state index contributed by atoms with van der Waals surface area (Å²) in [4.78, 5) is 2.67. The highest BCUT2D eigenvalue weighted by Gasteiger charge is 2.27. The Hall–Kier alpha value is -0.0800. The van der Waals surface area contributed by atoms with Crippen molar-refractivity contribution in [3.8, 4) is 0 Å². The third-order valence-corrected chi connectivity index (χ3v) is 4.29. The van der Waals surface area contributed by atoms with E-state index in [0.717, 1.165) is 24.3 Å². The zero-order valence-electron chi connectivity index (χ0n) is 11.1. The fourth-order valence-corrected chi connectivity index (χ4v) is 2.52. The van der Waals surface area contributed by atoms with Crippen LogP contribution in [0.25, 0.3) is 0 Å². The molecule has 0 amide bonds. The molecule has 2 nitrogen and oxygen atoms in total. The highest BCUT2D eigenvalue weighted by molar-refractivity contribution is 4.81. The van der Waals surface area contributed by atoms with Crippen LogP contribution in [-0.2, 0) is 0 Å². The maximum Gasteiger partial charge on any atom is 0.0105 e. The number of nitrogens with one attached hydrogen (secondary N) is 1. The zero-order chi connectivity index (χ0) is 11.4. The summed E-state index contributed by atoms with van der Waals surface area (Å²) in [6.07, 6.45) is 1.37. The van der Waals surface area contributed by atoms with Gasteiger partial charge in [-0.15, -0.1) is 0 Å². The van der Waals surface area contributed by atoms with Gasteiger partial charge in [-0.2, -0.15) is 0 Å². The highest BCUT2D eigenvalue weighted by Crippen LogP contribution is 2.25. The molecular formula is C13H28N2. The number of hydrogen-bond donors (Lipinski definition) is 1. The Morgan fingerprint density at radius 2 is 1.93 bits per heavy atom. The van der Waals surface area contributed by atoms with Gasteiger partial charge in [-0.05, 0) is 51.2 Å². The molecule has 1 rings (SSSR count). The molecule has 1 aliphatic rings. The summed E-state index contributed by atoms with van der Waals surface area (Å²) in [5.41, 5.74) is 0. The molecule has 4 unspecified atom stereocenters. The van der Waals surface area contributed by atoms with E-state index in [1.54, 1.807) is 0 Å². The first kappa shape index (κ1) is 13.0. The second kappa shape index (κ2) is 5.86. The van der Waals surface area contributed by atoms with Crippen LogP contribution in [0.3, 0.4) is 0 Å². The Bertz CT molecular complexity index is 181. The van der Waals surface area contributed by atoms with Gasteiger partial charge in [-0.1, -0.05) is 20.8 Å². The van der Waals surface area contributed by atoms with Gasteiger partial charge in [0.1, 0.15) is 0 Å². The molecule has 90 valence electrons. The van der Waals surface area contributed by atoms with Crippen molar-refractivity contribution >= 4 is 0 Å². The first-order chi connectivity index (χ1) is 7.06. The fourth-order valence-electron chi connectivity index (χ4n) is 2.52. The summed E-state index contributed by atoms with van der Waals surface area (Å²) in [5, 5.41) is 3.28. The average Bonchev–Trinajstić information content (AvgIpc) is 2.21. The van der Waals surface area contributed by atoms with Crippen LogP contribution in [0.4, 0.5) is 0 Å². The molecule has 0 aliphatic carbocycles. The topological polar surface area (TPSA) is 15.3 Å². The van der Waals surface area contributed by atoms with Crippen molar-refractivity contribution in [1.82, 2.24) is 10.2 Å². The van der Waals surface area contributed by atoms with E-state index >= 15 is 0 Å². The monoisotopic (exact) mass is 212 g/mol. The Labute approximate surface area is 95.4 Å². The molecule has 1 heterocycles. The van der Waals surface area contributed by atoms with Gasteiger partial charge >= 0.3 is 0 Å². The molecule has 4 atom stereocenters. The second-order valence-corrected chi connectivity index (χ2v) is 5.51.